The molecule has 0 atom stereocenters. The van der Waals surface area contributed by atoms with Crippen LogP contribution in [0.15, 0.2) is 48.5 Å². The van der Waals surface area contributed by atoms with E-state index >= 15 is 0 Å². The van der Waals surface area contributed by atoms with Crippen molar-refractivity contribution in [1.29, 1.82) is 0 Å². The average Bonchev–Trinajstić information content (AvgIpc) is 2.37. The quantitative estimate of drug-likeness (QED) is 0.770. The zero-order valence-electron chi connectivity index (χ0n) is 9.82. The van der Waals surface area contributed by atoms with Gasteiger partial charge in [-0.3, -0.25) is 0 Å². The lowest BCUT2D eigenvalue weighted by Crippen LogP contribution is -1.92. The van der Waals surface area contributed by atoms with E-state index in [0.29, 0.717) is 18.8 Å². The zero-order chi connectivity index (χ0) is 12.1. The minimum absolute atomic E-state index is 0.193. The van der Waals surface area contributed by atoms with Gasteiger partial charge in [0.2, 0.25) is 0 Å². The Hall–Kier alpha value is -1.67. The van der Waals surface area contributed by atoms with Crippen LogP contribution in [0.5, 0.6) is 0 Å². The van der Waals surface area contributed by atoms with E-state index in [1.165, 1.54) is 6.07 Å². The molecule has 2 rings (SSSR count). The van der Waals surface area contributed by atoms with Crippen LogP contribution < -0.4 is 0 Å². The molecule has 88 valence electrons. The van der Waals surface area contributed by atoms with Gasteiger partial charge in [0.05, 0.1) is 6.61 Å². The molecule has 0 bridgehead atoms. The first-order valence-corrected chi connectivity index (χ1v) is 5.73. The van der Waals surface area contributed by atoms with Gasteiger partial charge in [-0.1, -0.05) is 36.4 Å². The largest absolute Gasteiger partial charge is 0.377 e. The molecular formula is C15H15FO. The van der Waals surface area contributed by atoms with E-state index < -0.39 is 0 Å². The van der Waals surface area contributed by atoms with Gasteiger partial charge in [-0.25, -0.2) is 4.39 Å². The van der Waals surface area contributed by atoms with Crippen LogP contribution >= 0.6 is 0 Å². The third kappa shape index (κ3) is 2.92. The topological polar surface area (TPSA) is 9.23 Å². The first-order valence-electron chi connectivity index (χ1n) is 5.73. The lowest BCUT2D eigenvalue weighted by atomic mass is 10.0. The molecule has 0 aliphatic heterocycles. The van der Waals surface area contributed by atoms with E-state index in [1.54, 1.807) is 12.1 Å². The predicted octanol–water partition coefficient (Wildman–Crippen LogP) is 4.03. The van der Waals surface area contributed by atoms with Crippen LogP contribution in [0.4, 0.5) is 4.39 Å². The first kappa shape index (κ1) is 11.8. The lowest BCUT2D eigenvalue weighted by molar-refractivity contribution is 0.134. The maximum atomic E-state index is 13.6. The monoisotopic (exact) mass is 230 g/mol. The third-order valence-electron chi connectivity index (χ3n) is 2.58. The molecule has 0 unspecified atom stereocenters. The summed E-state index contributed by atoms with van der Waals surface area (Å²) in [6.07, 6.45) is 0. The van der Waals surface area contributed by atoms with E-state index in [4.69, 9.17) is 4.74 Å². The molecule has 0 fully saturated rings. The maximum absolute atomic E-state index is 13.6. The Morgan fingerprint density at radius 3 is 2.65 bits per heavy atom. The first-order chi connectivity index (χ1) is 8.31. The molecule has 2 aromatic rings. The van der Waals surface area contributed by atoms with Gasteiger partial charge in [-0.15, -0.1) is 0 Å². The highest BCUT2D eigenvalue weighted by molar-refractivity contribution is 5.64. The fraction of sp³-hybridized carbons (Fsp3) is 0.200. The molecule has 0 aromatic heterocycles. The molecule has 0 radical (unpaired) electrons. The highest BCUT2D eigenvalue weighted by atomic mass is 19.1. The number of benzene rings is 2. The summed E-state index contributed by atoms with van der Waals surface area (Å²) < 4.78 is 19.0. The minimum atomic E-state index is -0.193. The number of hydrogen-bond donors (Lipinski definition) is 0. The van der Waals surface area contributed by atoms with Gasteiger partial charge in [0.15, 0.2) is 0 Å². The Balaban J connectivity index is 2.30. The van der Waals surface area contributed by atoms with Crippen molar-refractivity contribution in [3.05, 3.63) is 59.9 Å². The van der Waals surface area contributed by atoms with Crippen molar-refractivity contribution < 1.29 is 9.13 Å². The predicted molar refractivity (Wildman–Crippen MR) is 67.2 cm³/mol. The Morgan fingerprint density at radius 1 is 1.06 bits per heavy atom. The van der Waals surface area contributed by atoms with Crippen LogP contribution in [0.3, 0.4) is 0 Å². The Labute approximate surface area is 101 Å². The van der Waals surface area contributed by atoms with Gasteiger partial charge in [0.1, 0.15) is 5.82 Å². The van der Waals surface area contributed by atoms with Crippen LogP contribution in [-0.2, 0) is 11.3 Å². The van der Waals surface area contributed by atoms with Crippen LogP contribution in [0.2, 0.25) is 0 Å². The van der Waals surface area contributed by atoms with Crippen molar-refractivity contribution >= 4 is 0 Å². The second kappa shape index (κ2) is 5.60. The molecule has 0 saturated heterocycles. The van der Waals surface area contributed by atoms with E-state index in [9.17, 15) is 4.39 Å². The van der Waals surface area contributed by atoms with Gasteiger partial charge < -0.3 is 4.74 Å². The molecule has 0 spiro atoms. The summed E-state index contributed by atoms with van der Waals surface area (Å²) >= 11 is 0. The molecule has 2 aromatic carbocycles. The van der Waals surface area contributed by atoms with E-state index in [0.717, 1.165) is 11.1 Å². The standard InChI is InChI=1S/C15H15FO/c1-2-17-11-12-6-5-7-13(10-12)14-8-3-4-9-15(14)16/h3-10H,2,11H2,1H3. The number of halogens is 1. The molecule has 0 amide bonds. The smallest absolute Gasteiger partial charge is 0.131 e. The van der Waals surface area contributed by atoms with Crippen molar-refractivity contribution in [2.45, 2.75) is 13.5 Å². The van der Waals surface area contributed by atoms with Gasteiger partial charge in [0, 0.05) is 12.2 Å². The summed E-state index contributed by atoms with van der Waals surface area (Å²) in [5.74, 6) is -0.193. The summed E-state index contributed by atoms with van der Waals surface area (Å²) in [7, 11) is 0. The van der Waals surface area contributed by atoms with Crippen LogP contribution in [0, 0.1) is 5.82 Å². The van der Waals surface area contributed by atoms with Crippen molar-refractivity contribution in [2.75, 3.05) is 6.61 Å². The van der Waals surface area contributed by atoms with E-state index in [2.05, 4.69) is 0 Å². The fourth-order valence-electron chi connectivity index (χ4n) is 1.74. The molecule has 1 nitrogen and oxygen atoms in total. The van der Waals surface area contributed by atoms with Crippen LogP contribution in [-0.4, -0.2) is 6.61 Å². The number of ether oxygens (including phenoxy) is 1. The van der Waals surface area contributed by atoms with Crippen LogP contribution in [0.1, 0.15) is 12.5 Å². The Bertz CT molecular complexity index is 494. The van der Waals surface area contributed by atoms with Crippen LogP contribution in [0.25, 0.3) is 11.1 Å². The average molecular weight is 230 g/mol. The van der Waals surface area contributed by atoms with Gasteiger partial charge in [-0.2, -0.15) is 0 Å². The summed E-state index contributed by atoms with van der Waals surface area (Å²) in [6, 6.07) is 14.6. The molecule has 0 aliphatic carbocycles. The summed E-state index contributed by atoms with van der Waals surface area (Å²) in [5.41, 5.74) is 2.58. The van der Waals surface area contributed by atoms with Gasteiger partial charge >= 0.3 is 0 Å². The van der Waals surface area contributed by atoms with Gasteiger partial charge in [-0.05, 0) is 30.2 Å². The highest BCUT2D eigenvalue weighted by Gasteiger charge is 2.04. The SMILES string of the molecule is CCOCc1cccc(-c2ccccc2F)c1. The van der Waals surface area contributed by atoms with E-state index in [1.807, 2.05) is 37.3 Å². The summed E-state index contributed by atoms with van der Waals surface area (Å²) in [4.78, 5) is 0. The summed E-state index contributed by atoms with van der Waals surface area (Å²) in [5, 5.41) is 0. The third-order valence-corrected chi connectivity index (χ3v) is 2.58. The normalized spacial score (nSPS) is 10.5. The molecule has 2 heteroatoms. The van der Waals surface area contributed by atoms with Crippen molar-refractivity contribution in [2.24, 2.45) is 0 Å². The minimum Gasteiger partial charge on any atom is -0.377 e. The van der Waals surface area contributed by atoms with Gasteiger partial charge in [0.25, 0.3) is 0 Å². The Morgan fingerprint density at radius 2 is 1.88 bits per heavy atom. The lowest BCUT2D eigenvalue weighted by Gasteiger charge is -2.06. The molecule has 0 N–H and O–H groups in total. The second-order valence-corrected chi connectivity index (χ2v) is 3.82. The maximum Gasteiger partial charge on any atom is 0.131 e. The molecule has 0 saturated carbocycles. The molecular weight excluding hydrogens is 215 g/mol. The Kier molecular flexibility index (Phi) is 3.89. The number of hydrogen-bond acceptors (Lipinski definition) is 1. The highest BCUT2D eigenvalue weighted by Crippen LogP contribution is 2.23. The molecule has 0 aliphatic rings. The summed E-state index contributed by atoms with van der Waals surface area (Å²) in [6.45, 7) is 3.21. The van der Waals surface area contributed by atoms with Crippen molar-refractivity contribution in [3.8, 4) is 11.1 Å². The second-order valence-electron chi connectivity index (χ2n) is 3.82. The zero-order valence-corrected chi connectivity index (χ0v) is 9.82. The molecule has 0 heterocycles. The van der Waals surface area contributed by atoms with Crippen molar-refractivity contribution in [3.63, 3.8) is 0 Å². The number of rotatable bonds is 4. The molecule has 17 heavy (non-hydrogen) atoms. The fourth-order valence-corrected chi connectivity index (χ4v) is 1.74. The van der Waals surface area contributed by atoms with E-state index in [-0.39, 0.29) is 5.82 Å². The van der Waals surface area contributed by atoms with Crippen molar-refractivity contribution in [1.82, 2.24) is 0 Å².